The third kappa shape index (κ3) is 6.01. The molecule has 0 fully saturated rings. The number of carbonyl (C=O) groups is 2. The second-order valence-electron chi connectivity index (χ2n) is 8.53. The Hall–Kier alpha value is -3.81. The minimum Gasteiger partial charge on any atom is -0.503 e. The number of nitrogens with zero attached hydrogens (tertiary/aromatic N) is 2. The normalized spacial score (nSPS) is 15.2. The Morgan fingerprint density at radius 2 is 1.79 bits per heavy atom. The van der Waals surface area contributed by atoms with Gasteiger partial charge in [-0.3, -0.25) is 4.79 Å². The Bertz CT molecular complexity index is 1400. The summed E-state index contributed by atoms with van der Waals surface area (Å²) >= 11 is 12.5. The number of esters is 1. The van der Waals surface area contributed by atoms with Crippen LogP contribution in [0.1, 0.15) is 41.6 Å². The predicted molar refractivity (Wildman–Crippen MR) is 147 cm³/mol. The van der Waals surface area contributed by atoms with E-state index in [0.717, 1.165) is 22.4 Å². The smallest absolute Gasteiger partial charge is 0.341 e. The third-order valence-corrected chi connectivity index (χ3v) is 6.65. The van der Waals surface area contributed by atoms with Gasteiger partial charge in [0.2, 0.25) is 5.91 Å². The quantitative estimate of drug-likeness (QED) is 0.183. The van der Waals surface area contributed by atoms with Crippen LogP contribution in [0, 0.1) is 0 Å². The Kier molecular flexibility index (Phi) is 8.71. The maximum atomic E-state index is 12.3. The molecule has 1 unspecified atom stereocenters. The van der Waals surface area contributed by atoms with E-state index in [4.69, 9.17) is 37.4 Å². The number of hydrazone groups is 1. The first-order valence-corrected chi connectivity index (χ1v) is 12.5. The maximum absolute atomic E-state index is 12.3. The third-order valence-electron chi connectivity index (χ3n) is 6.08. The topological polar surface area (TPSA) is 77.4 Å². The van der Waals surface area contributed by atoms with Crippen molar-refractivity contribution in [2.75, 3.05) is 14.2 Å². The zero-order valence-electron chi connectivity index (χ0n) is 21.1. The van der Waals surface area contributed by atoms with Crippen LogP contribution in [0.15, 0.2) is 78.1 Å². The van der Waals surface area contributed by atoms with Crippen molar-refractivity contribution in [3.8, 4) is 5.75 Å². The fourth-order valence-electron chi connectivity index (χ4n) is 4.25. The summed E-state index contributed by atoms with van der Waals surface area (Å²) < 4.78 is 16.0. The molecule has 0 aromatic heterocycles. The number of halogens is 2. The van der Waals surface area contributed by atoms with E-state index in [1.54, 1.807) is 12.1 Å². The molecule has 38 heavy (non-hydrogen) atoms. The van der Waals surface area contributed by atoms with Gasteiger partial charge in [0, 0.05) is 23.4 Å². The standard InChI is InChI=1S/C29H26Cl2N2O5/c1-18(34)33-28(24-13-10-21(30)14-26(24)31)15-27(32-33)19-8-11-22(12-9-19)38-16-20-6-4-5-7-23(20)25(17-36-2)29(35)37-3/h4-14,17,28H,15-16H2,1-3H3/b25-17+. The monoisotopic (exact) mass is 552 g/mol. The number of amides is 1. The molecule has 1 aliphatic rings. The molecular formula is C29H26Cl2N2O5. The number of rotatable bonds is 8. The molecule has 1 aliphatic heterocycles. The molecule has 7 nitrogen and oxygen atoms in total. The SMILES string of the molecule is CO/C=C(/C(=O)OC)c1ccccc1COc1ccc(C2=NN(C(C)=O)C(c3ccc(Cl)cc3Cl)C2)cc1. The first-order chi connectivity index (χ1) is 18.3. The summed E-state index contributed by atoms with van der Waals surface area (Å²) in [7, 11) is 2.79. The lowest BCUT2D eigenvalue weighted by atomic mass is 9.98. The second-order valence-corrected chi connectivity index (χ2v) is 9.37. The molecule has 4 rings (SSSR count). The molecule has 1 heterocycles. The molecule has 0 N–H and O–H groups in total. The molecule has 0 bridgehead atoms. The van der Waals surface area contributed by atoms with E-state index in [0.29, 0.717) is 33.4 Å². The zero-order chi connectivity index (χ0) is 27.2. The summed E-state index contributed by atoms with van der Waals surface area (Å²) in [4.78, 5) is 24.6. The van der Waals surface area contributed by atoms with Crippen molar-refractivity contribution in [1.29, 1.82) is 0 Å². The molecule has 1 atom stereocenters. The number of carbonyl (C=O) groups excluding carboxylic acids is 2. The molecule has 0 saturated heterocycles. The summed E-state index contributed by atoms with van der Waals surface area (Å²) in [5.74, 6) is -0.0412. The largest absolute Gasteiger partial charge is 0.503 e. The lowest BCUT2D eigenvalue weighted by molar-refractivity contribution is -0.134. The van der Waals surface area contributed by atoms with Gasteiger partial charge in [-0.15, -0.1) is 0 Å². The van der Waals surface area contributed by atoms with Crippen LogP contribution in [0.4, 0.5) is 0 Å². The second kappa shape index (κ2) is 12.2. The first-order valence-electron chi connectivity index (χ1n) is 11.8. The molecule has 0 spiro atoms. The molecule has 0 radical (unpaired) electrons. The zero-order valence-corrected chi connectivity index (χ0v) is 22.6. The van der Waals surface area contributed by atoms with Gasteiger partial charge in [0.25, 0.3) is 0 Å². The average molecular weight is 553 g/mol. The van der Waals surface area contributed by atoms with Crippen molar-refractivity contribution in [2.45, 2.75) is 26.0 Å². The van der Waals surface area contributed by atoms with Crippen LogP contribution >= 0.6 is 23.2 Å². The summed E-state index contributed by atoms with van der Waals surface area (Å²) in [6, 6.07) is 19.8. The van der Waals surface area contributed by atoms with Gasteiger partial charge in [-0.25, -0.2) is 9.80 Å². The van der Waals surface area contributed by atoms with Crippen molar-refractivity contribution < 1.29 is 23.8 Å². The highest BCUT2D eigenvalue weighted by atomic mass is 35.5. The van der Waals surface area contributed by atoms with Gasteiger partial charge in [-0.1, -0.05) is 53.5 Å². The Morgan fingerprint density at radius 3 is 2.45 bits per heavy atom. The van der Waals surface area contributed by atoms with Crippen LogP contribution < -0.4 is 4.74 Å². The lowest BCUT2D eigenvalue weighted by Gasteiger charge is -2.21. The van der Waals surface area contributed by atoms with Gasteiger partial charge < -0.3 is 14.2 Å². The number of methoxy groups -OCH3 is 2. The fourth-order valence-corrected chi connectivity index (χ4v) is 4.79. The Balaban J connectivity index is 1.50. The molecule has 1 amide bonds. The molecule has 9 heteroatoms. The van der Waals surface area contributed by atoms with Crippen LogP contribution in [-0.2, 0) is 25.7 Å². The van der Waals surface area contributed by atoms with E-state index in [-0.39, 0.29) is 18.6 Å². The van der Waals surface area contributed by atoms with Crippen LogP contribution in [0.2, 0.25) is 10.0 Å². The fraction of sp³-hybridized carbons (Fsp3) is 0.207. The van der Waals surface area contributed by atoms with E-state index in [1.165, 1.54) is 32.4 Å². The summed E-state index contributed by atoms with van der Waals surface area (Å²) in [6.45, 7) is 1.70. The first kappa shape index (κ1) is 27.2. The summed E-state index contributed by atoms with van der Waals surface area (Å²) in [5, 5.41) is 7.06. The van der Waals surface area contributed by atoms with Crippen LogP contribution in [0.5, 0.6) is 5.75 Å². The van der Waals surface area contributed by atoms with E-state index >= 15 is 0 Å². The van der Waals surface area contributed by atoms with Gasteiger partial charge in [0.15, 0.2) is 0 Å². The summed E-state index contributed by atoms with van der Waals surface area (Å²) in [6.07, 6.45) is 1.87. The minimum atomic E-state index is -0.501. The minimum absolute atomic E-state index is 0.177. The van der Waals surface area contributed by atoms with Crippen molar-refractivity contribution in [2.24, 2.45) is 5.10 Å². The van der Waals surface area contributed by atoms with Gasteiger partial charge >= 0.3 is 5.97 Å². The molecule has 3 aromatic carbocycles. The van der Waals surface area contributed by atoms with Crippen LogP contribution in [0.25, 0.3) is 5.57 Å². The van der Waals surface area contributed by atoms with E-state index < -0.39 is 5.97 Å². The van der Waals surface area contributed by atoms with E-state index in [9.17, 15) is 9.59 Å². The predicted octanol–water partition coefficient (Wildman–Crippen LogP) is 6.43. The van der Waals surface area contributed by atoms with Crippen LogP contribution in [0.3, 0.4) is 0 Å². The molecule has 0 saturated carbocycles. The number of hydrogen-bond acceptors (Lipinski definition) is 6. The van der Waals surface area contributed by atoms with Crippen LogP contribution in [-0.4, -0.2) is 36.8 Å². The average Bonchev–Trinajstić information content (AvgIpc) is 3.36. The Labute approximate surface area is 231 Å². The van der Waals surface area contributed by atoms with Gasteiger partial charge in [0.05, 0.1) is 32.2 Å². The van der Waals surface area contributed by atoms with Gasteiger partial charge in [-0.2, -0.15) is 5.10 Å². The number of benzene rings is 3. The molecule has 196 valence electrons. The summed E-state index contributed by atoms with van der Waals surface area (Å²) in [5.41, 5.74) is 4.18. The van der Waals surface area contributed by atoms with Crippen molar-refractivity contribution in [1.82, 2.24) is 5.01 Å². The molecule has 3 aromatic rings. The van der Waals surface area contributed by atoms with Gasteiger partial charge in [0.1, 0.15) is 17.9 Å². The van der Waals surface area contributed by atoms with Gasteiger partial charge in [-0.05, 0) is 58.7 Å². The highest BCUT2D eigenvalue weighted by Gasteiger charge is 2.32. The lowest BCUT2D eigenvalue weighted by Crippen LogP contribution is -2.24. The maximum Gasteiger partial charge on any atom is 0.341 e. The van der Waals surface area contributed by atoms with Crippen molar-refractivity contribution >= 4 is 46.4 Å². The van der Waals surface area contributed by atoms with E-state index in [1.807, 2.05) is 54.6 Å². The number of hydrogen-bond donors (Lipinski definition) is 0. The van der Waals surface area contributed by atoms with E-state index in [2.05, 4.69) is 5.10 Å². The number of ether oxygens (including phenoxy) is 3. The Morgan fingerprint density at radius 1 is 1.05 bits per heavy atom. The highest BCUT2D eigenvalue weighted by Crippen LogP contribution is 2.37. The highest BCUT2D eigenvalue weighted by molar-refractivity contribution is 6.35. The van der Waals surface area contributed by atoms with Crippen molar-refractivity contribution in [3.05, 3.63) is 105 Å². The van der Waals surface area contributed by atoms with Crippen molar-refractivity contribution in [3.63, 3.8) is 0 Å². The molecular weight excluding hydrogens is 527 g/mol. The molecule has 0 aliphatic carbocycles.